The number of carbonyl (C=O) groups is 1. The van der Waals surface area contributed by atoms with E-state index in [4.69, 9.17) is 11.6 Å². The second-order valence-corrected chi connectivity index (χ2v) is 4.42. The highest BCUT2D eigenvalue weighted by Gasteiger charge is 2.26. The van der Waals surface area contributed by atoms with Crippen molar-refractivity contribution in [3.8, 4) is 0 Å². The zero-order valence-corrected chi connectivity index (χ0v) is 10.1. The lowest BCUT2D eigenvalue weighted by Gasteiger charge is -2.28. The van der Waals surface area contributed by atoms with Crippen LogP contribution < -0.4 is 10.2 Å². The number of amides is 1. The molecule has 1 aromatic heterocycles. The number of carbonyl (C=O) groups excluding carboxylic acids is 1. The molecule has 1 amide bonds. The van der Waals surface area contributed by atoms with Crippen molar-refractivity contribution in [2.45, 2.75) is 0 Å². The number of benzene rings is 1. The van der Waals surface area contributed by atoms with Gasteiger partial charge in [-0.3, -0.25) is 4.79 Å². The lowest BCUT2D eigenvalue weighted by atomic mass is 10.2. The van der Waals surface area contributed by atoms with E-state index in [1.54, 1.807) is 4.90 Å². The van der Waals surface area contributed by atoms with E-state index in [0.29, 0.717) is 11.0 Å². The molecule has 1 aliphatic heterocycles. The Morgan fingerprint density at radius 1 is 1.35 bits per heavy atom. The monoisotopic (exact) mass is 266 g/mol. The minimum absolute atomic E-state index is 0.0900. The summed E-state index contributed by atoms with van der Waals surface area (Å²) in [5.41, 5.74) is 1.63. The van der Waals surface area contributed by atoms with Gasteiger partial charge in [0.05, 0.1) is 23.1 Å². The van der Waals surface area contributed by atoms with Crippen LogP contribution in [-0.2, 0) is 4.79 Å². The first-order valence-electron chi connectivity index (χ1n) is 4.90. The van der Waals surface area contributed by atoms with Crippen LogP contribution in [0.4, 0.5) is 17.2 Å². The Balaban J connectivity index is 2.13. The van der Waals surface area contributed by atoms with Crippen LogP contribution in [0.5, 0.6) is 0 Å². The number of fused-ring (bicyclic) bond motifs is 1. The molecule has 2 aromatic rings. The third-order valence-electron chi connectivity index (χ3n) is 2.46. The van der Waals surface area contributed by atoms with Gasteiger partial charge in [0.25, 0.3) is 0 Å². The lowest BCUT2D eigenvalue weighted by Crippen LogP contribution is -2.35. The first-order chi connectivity index (χ1) is 8.25. The first-order valence-corrected chi connectivity index (χ1v) is 6.01. The van der Waals surface area contributed by atoms with E-state index in [-0.39, 0.29) is 12.5 Å². The van der Waals surface area contributed by atoms with Crippen LogP contribution in [0.15, 0.2) is 24.3 Å². The van der Waals surface area contributed by atoms with Gasteiger partial charge in [-0.25, -0.2) is 0 Å². The van der Waals surface area contributed by atoms with Crippen molar-refractivity contribution in [3.63, 3.8) is 0 Å². The summed E-state index contributed by atoms with van der Waals surface area (Å²) in [6, 6.07) is 7.51. The second kappa shape index (κ2) is 3.97. The van der Waals surface area contributed by atoms with E-state index < -0.39 is 0 Å². The summed E-state index contributed by atoms with van der Waals surface area (Å²) in [7, 11) is 0. The molecule has 7 heteroatoms. The Bertz CT molecular complexity index is 585. The molecule has 5 nitrogen and oxygen atoms in total. The van der Waals surface area contributed by atoms with E-state index in [2.05, 4.69) is 14.1 Å². The van der Waals surface area contributed by atoms with E-state index in [9.17, 15) is 4.79 Å². The summed E-state index contributed by atoms with van der Waals surface area (Å²) in [4.78, 5) is 13.4. The Morgan fingerprint density at radius 3 is 2.94 bits per heavy atom. The number of hydrogen-bond donors (Lipinski definition) is 1. The number of nitrogens with zero attached hydrogens (tertiary/aromatic N) is 3. The molecule has 0 saturated carbocycles. The SMILES string of the molecule is O=C1CN(c2nsnc2Cl)c2ccccc2N1. The van der Waals surface area contributed by atoms with Crippen LogP contribution in [0.1, 0.15) is 0 Å². The lowest BCUT2D eigenvalue weighted by molar-refractivity contribution is -0.115. The fraction of sp³-hybridized carbons (Fsp3) is 0.100. The Morgan fingerprint density at radius 2 is 2.18 bits per heavy atom. The zero-order chi connectivity index (χ0) is 11.8. The molecule has 17 heavy (non-hydrogen) atoms. The Kier molecular flexibility index (Phi) is 2.45. The molecule has 0 atom stereocenters. The largest absolute Gasteiger partial charge is 0.323 e. The molecule has 1 aliphatic rings. The van der Waals surface area contributed by atoms with Crippen LogP contribution in [0.3, 0.4) is 0 Å². The summed E-state index contributed by atoms with van der Waals surface area (Å²) in [5.74, 6) is 0.437. The summed E-state index contributed by atoms with van der Waals surface area (Å²) in [5, 5.41) is 3.12. The van der Waals surface area contributed by atoms with Crippen molar-refractivity contribution >= 4 is 46.4 Å². The van der Waals surface area contributed by atoms with Gasteiger partial charge in [-0.15, -0.1) is 0 Å². The standard InChI is InChI=1S/C10H7ClN4OS/c11-9-10(14-17-13-9)15-5-8(16)12-6-3-1-2-4-7(6)15/h1-4H,5H2,(H,12,16). The van der Waals surface area contributed by atoms with Crippen LogP contribution in [0.25, 0.3) is 0 Å². The number of anilines is 3. The minimum Gasteiger partial charge on any atom is -0.323 e. The number of para-hydroxylation sites is 2. The van der Waals surface area contributed by atoms with Gasteiger partial charge in [0.15, 0.2) is 11.0 Å². The quantitative estimate of drug-likeness (QED) is 0.860. The number of hydrogen-bond acceptors (Lipinski definition) is 5. The average molecular weight is 267 g/mol. The molecule has 0 saturated heterocycles. The van der Waals surface area contributed by atoms with Gasteiger partial charge in [-0.05, 0) is 12.1 Å². The van der Waals surface area contributed by atoms with Gasteiger partial charge < -0.3 is 10.2 Å². The zero-order valence-electron chi connectivity index (χ0n) is 8.55. The molecular weight excluding hydrogens is 260 g/mol. The molecule has 0 aliphatic carbocycles. The minimum atomic E-state index is -0.0900. The highest BCUT2D eigenvalue weighted by molar-refractivity contribution is 6.99. The Labute approximate surface area is 106 Å². The normalized spacial score (nSPS) is 14.4. The van der Waals surface area contributed by atoms with Gasteiger partial charge >= 0.3 is 0 Å². The van der Waals surface area contributed by atoms with Crippen molar-refractivity contribution in [2.24, 2.45) is 0 Å². The molecule has 0 bridgehead atoms. The third-order valence-corrected chi connectivity index (χ3v) is 3.33. The number of nitrogens with one attached hydrogen (secondary N) is 1. The molecule has 0 fully saturated rings. The summed E-state index contributed by atoms with van der Waals surface area (Å²) in [6.45, 7) is 0.197. The van der Waals surface area contributed by atoms with Crippen LogP contribution in [0, 0.1) is 0 Å². The molecule has 86 valence electrons. The molecular formula is C10H7ClN4OS. The molecule has 1 aromatic carbocycles. The highest BCUT2D eigenvalue weighted by Crippen LogP contribution is 2.36. The second-order valence-electron chi connectivity index (χ2n) is 3.53. The predicted molar refractivity (Wildman–Crippen MR) is 67.0 cm³/mol. The first kappa shape index (κ1) is 10.5. The van der Waals surface area contributed by atoms with Gasteiger partial charge in [0, 0.05) is 0 Å². The Hall–Kier alpha value is -1.66. The maximum atomic E-state index is 11.6. The number of aromatic nitrogens is 2. The van der Waals surface area contributed by atoms with E-state index >= 15 is 0 Å². The van der Waals surface area contributed by atoms with Gasteiger partial charge in [0.2, 0.25) is 5.91 Å². The average Bonchev–Trinajstić information content (AvgIpc) is 2.74. The molecule has 0 spiro atoms. The fourth-order valence-electron chi connectivity index (χ4n) is 1.76. The third kappa shape index (κ3) is 1.75. The molecule has 3 rings (SSSR count). The van der Waals surface area contributed by atoms with Crippen molar-refractivity contribution < 1.29 is 4.79 Å². The van der Waals surface area contributed by atoms with Crippen LogP contribution >= 0.6 is 23.3 Å². The topological polar surface area (TPSA) is 58.1 Å². The van der Waals surface area contributed by atoms with Crippen molar-refractivity contribution in [2.75, 3.05) is 16.8 Å². The van der Waals surface area contributed by atoms with Gasteiger partial charge in [0.1, 0.15) is 6.54 Å². The smallest absolute Gasteiger partial charge is 0.244 e. The molecule has 2 heterocycles. The maximum Gasteiger partial charge on any atom is 0.244 e. The van der Waals surface area contributed by atoms with Crippen LogP contribution in [0.2, 0.25) is 5.15 Å². The van der Waals surface area contributed by atoms with Crippen molar-refractivity contribution in [1.29, 1.82) is 0 Å². The molecule has 0 radical (unpaired) electrons. The summed E-state index contributed by atoms with van der Waals surface area (Å²) in [6.07, 6.45) is 0. The van der Waals surface area contributed by atoms with Crippen LogP contribution in [-0.4, -0.2) is 21.2 Å². The van der Waals surface area contributed by atoms with Gasteiger partial charge in [-0.2, -0.15) is 8.75 Å². The van der Waals surface area contributed by atoms with E-state index in [0.717, 1.165) is 23.1 Å². The van der Waals surface area contributed by atoms with Crippen molar-refractivity contribution in [1.82, 2.24) is 8.75 Å². The predicted octanol–water partition coefficient (Wildman–Crippen LogP) is 2.28. The number of rotatable bonds is 1. The fourth-order valence-corrected chi connectivity index (χ4v) is 2.50. The highest BCUT2D eigenvalue weighted by atomic mass is 35.5. The number of halogens is 1. The van der Waals surface area contributed by atoms with E-state index in [1.807, 2.05) is 24.3 Å². The molecule has 0 unspecified atom stereocenters. The summed E-state index contributed by atoms with van der Waals surface area (Å²) < 4.78 is 8.03. The van der Waals surface area contributed by atoms with E-state index in [1.165, 1.54) is 0 Å². The summed E-state index contributed by atoms with van der Waals surface area (Å²) >= 11 is 6.98. The van der Waals surface area contributed by atoms with Crippen molar-refractivity contribution in [3.05, 3.63) is 29.4 Å². The maximum absolute atomic E-state index is 11.6. The van der Waals surface area contributed by atoms with Gasteiger partial charge in [-0.1, -0.05) is 23.7 Å². The molecule has 1 N–H and O–H groups in total.